The van der Waals surface area contributed by atoms with E-state index in [1.165, 1.54) is 22.7 Å². The van der Waals surface area contributed by atoms with E-state index in [0.29, 0.717) is 32.6 Å². The number of aryl methyl sites for hydroxylation is 1. The van der Waals surface area contributed by atoms with Crippen molar-refractivity contribution in [2.45, 2.75) is 31.8 Å². The SMILES string of the molecule is CCc1ccc(C2CC3C(=O)N(CC(=O)N4CCN(c5ccc(F)cc5)CC4)N=CN3N2)cc1. The number of carbonyl (C=O) groups excluding carboxylic acids is 2. The average molecular weight is 465 g/mol. The first kappa shape index (κ1) is 22.3. The molecule has 178 valence electrons. The van der Waals surface area contributed by atoms with Crippen LogP contribution in [-0.2, 0) is 16.0 Å². The van der Waals surface area contributed by atoms with Crippen molar-refractivity contribution in [2.24, 2.45) is 5.10 Å². The number of carbonyl (C=O) groups is 2. The zero-order valence-corrected chi connectivity index (χ0v) is 19.2. The number of halogens is 1. The Morgan fingerprint density at radius 2 is 1.76 bits per heavy atom. The molecule has 2 aromatic rings. The molecule has 2 atom stereocenters. The predicted octanol–water partition coefficient (Wildman–Crippen LogP) is 2.14. The van der Waals surface area contributed by atoms with Gasteiger partial charge in [0.1, 0.15) is 24.7 Å². The van der Waals surface area contributed by atoms with Crippen LogP contribution in [0, 0.1) is 5.82 Å². The molecule has 1 N–H and O–H groups in total. The molecule has 0 aliphatic carbocycles. The van der Waals surface area contributed by atoms with Gasteiger partial charge in [0.2, 0.25) is 5.91 Å². The highest BCUT2D eigenvalue weighted by Gasteiger charge is 2.41. The normalized spacial score (nSPS) is 22.4. The number of anilines is 1. The molecular weight excluding hydrogens is 435 g/mol. The molecule has 0 spiro atoms. The van der Waals surface area contributed by atoms with Crippen molar-refractivity contribution in [1.29, 1.82) is 0 Å². The zero-order chi connectivity index (χ0) is 23.7. The van der Waals surface area contributed by atoms with E-state index in [0.717, 1.165) is 17.7 Å². The molecule has 2 aromatic carbocycles. The average Bonchev–Trinajstić information content (AvgIpc) is 3.32. The maximum absolute atomic E-state index is 13.2. The number of nitrogens with zero attached hydrogens (tertiary/aromatic N) is 5. The highest BCUT2D eigenvalue weighted by atomic mass is 19.1. The number of hydrogen-bond acceptors (Lipinski definition) is 6. The molecule has 8 nitrogen and oxygen atoms in total. The standard InChI is InChI=1S/C25H29FN6O2/c1-2-18-3-5-19(6-4-18)22-15-23-25(34)31(27-17-32(23)28-22)16-24(33)30-13-11-29(12-14-30)21-9-7-20(26)8-10-21/h3-10,17,22-23,28H,2,11-16H2,1H3. The molecule has 2 saturated heterocycles. The van der Waals surface area contributed by atoms with Gasteiger partial charge in [-0.3, -0.25) is 14.6 Å². The van der Waals surface area contributed by atoms with E-state index in [4.69, 9.17) is 0 Å². The molecule has 5 rings (SSSR count). The van der Waals surface area contributed by atoms with Crippen LogP contribution in [0.5, 0.6) is 0 Å². The van der Waals surface area contributed by atoms with Gasteiger partial charge in [-0.25, -0.2) is 14.8 Å². The minimum absolute atomic E-state index is 0.0292. The fourth-order valence-corrected chi connectivity index (χ4v) is 4.75. The second-order valence-electron chi connectivity index (χ2n) is 8.91. The summed E-state index contributed by atoms with van der Waals surface area (Å²) in [5.41, 5.74) is 6.70. The van der Waals surface area contributed by atoms with Crippen molar-refractivity contribution in [2.75, 3.05) is 37.6 Å². The minimum Gasteiger partial charge on any atom is -0.368 e. The van der Waals surface area contributed by atoms with E-state index in [-0.39, 0.29) is 36.3 Å². The number of piperazine rings is 1. The molecule has 2 amide bonds. The predicted molar refractivity (Wildman–Crippen MR) is 127 cm³/mol. The lowest BCUT2D eigenvalue weighted by atomic mass is 9.99. The molecule has 9 heteroatoms. The van der Waals surface area contributed by atoms with E-state index in [1.54, 1.807) is 28.4 Å². The zero-order valence-electron chi connectivity index (χ0n) is 19.2. The Balaban J connectivity index is 1.15. The molecule has 2 unspecified atom stereocenters. The van der Waals surface area contributed by atoms with Crippen LogP contribution in [0.4, 0.5) is 10.1 Å². The first-order chi connectivity index (χ1) is 16.5. The van der Waals surface area contributed by atoms with Crippen LogP contribution in [-0.4, -0.2) is 71.8 Å². The van der Waals surface area contributed by atoms with Gasteiger partial charge in [0, 0.05) is 31.9 Å². The van der Waals surface area contributed by atoms with Gasteiger partial charge in [-0.05, 0) is 48.2 Å². The van der Waals surface area contributed by atoms with Crippen LogP contribution < -0.4 is 10.3 Å². The van der Waals surface area contributed by atoms with Crippen molar-refractivity contribution in [3.05, 3.63) is 65.5 Å². The Kier molecular flexibility index (Phi) is 6.19. The summed E-state index contributed by atoms with van der Waals surface area (Å²) in [5, 5.41) is 7.29. The molecule has 0 saturated carbocycles. The Morgan fingerprint density at radius 3 is 2.44 bits per heavy atom. The molecule has 3 heterocycles. The van der Waals surface area contributed by atoms with Gasteiger partial charge >= 0.3 is 0 Å². The van der Waals surface area contributed by atoms with E-state index < -0.39 is 0 Å². The van der Waals surface area contributed by atoms with Crippen LogP contribution in [0.15, 0.2) is 53.6 Å². The Morgan fingerprint density at radius 1 is 1.06 bits per heavy atom. The number of rotatable bonds is 5. The lowest BCUT2D eigenvalue weighted by Gasteiger charge is -2.37. The van der Waals surface area contributed by atoms with Gasteiger partial charge in [-0.2, -0.15) is 5.10 Å². The van der Waals surface area contributed by atoms with E-state index in [2.05, 4.69) is 46.6 Å². The number of hydrazone groups is 1. The minimum atomic E-state index is -0.378. The van der Waals surface area contributed by atoms with Crippen molar-refractivity contribution in [3.8, 4) is 0 Å². The molecule has 3 aliphatic heterocycles. The van der Waals surface area contributed by atoms with Crippen molar-refractivity contribution >= 4 is 23.8 Å². The lowest BCUT2D eigenvalue weighted by Crippen LogP contribution is -2.55. The number of benzene rings is 2. The second kappa shape index (κ2) is 9.42. The number of amides is 2. The molecule has 3 aliphatic rings. The van der Waals surface area contributed by atoms with Crippen LogP contribution >= 0.6 is 0 Å². The first-order valence-corrected chi connectivity index (χ1v) is 11.8. The van der Waals surface area contributed by atoms with Gasteiger partial charge in [0.25, 0.3) is 5.91 Å². The molecule has 0 radical (unpaired) electrons. The maximum Gasteiger partial charge on any atom is 0.267 e. The largest absolute Gasteiger partial charge is 0.368 e. The fraction of sp³-hybridized carbons (Fsp3) is 0.400. The van der Waals surface area contributed by atoms with Gasteiger partial charge in [-0.1, -0.05) is 31.2 Å². The molecule has 0 aromatic heterocycles. The summed E-state index contributed by atoms with van der Waals surface area (Å²) < 4.78 is 13.2. The van der Waals surface area contributed by atoms with E-state index in [1.807, 2.05) is 0 Å². The molecule has 34 heavy (non-hydrogen) atoms. The van der Waals surface area contributed by atoms with Crippen LogP contribution in [0.25, 0.3) is 0 Å². The fourth-order valence-electron chi connectivity index (χ4n) is 4.75. The highest BCUT2D eigenvalue weighted by molar-refractivity contribution is 5.91. The Hall–Kier alpha value is -3.46. The third kappa shape index (κ3) is 4.48. The van der Waals surface area contributed by atoms with Crippen molar-refractivity contribution in [3.63, 3.8) is 0 Å². The third-order valence-corrected chi connectivity index (χ3v) is 6.85. The highest BCUT2D eigenvalue weighted by Crippen LogP contribution is 2.29. The Labute approximate surface area is 198 Å². The summed E-state index contributed by atoms with van der Waals surface area (Å²) in [6.45, 7) is 4.48. The summed E-state index contributed by atoms with van der Waals surface area (Å²) in [6, 6.07) is 14.5. The monoisotopic (exact) mass is 464 g/mol. The second-order valence-corrected chi connectivity index (χ2v) is 8.91. The molecule has 0 bridgehead atoms. The van der Waals surface area contributed by atoms with Crippen LogP contribution in [0.1, 0.15) is 30.5 Å². The van der Waals surface area contributed by atoms with Crippen LogP contribution in [0.3, 0.4) is 0 Å². The van der Waals surface area contributed by atoms with Gasteiger partial charge in [0.05, 0.1) is 6.04 Å². The summed E-state index contributed by atoms with van der Waals surface area (Å²) in [4.78, 5) is 29.9. The van der Waals surface area contributed by atoms with Crippen molar-refractivity contribution in [1.82, 2.24) is 20.3 Å². The molecule has 2 fully saturated rings. The number of fused-ring (bicyclic) bond motifs is 1. The van der Waals surface area contributed by atoms with Gasteiger partial charge in [0.15, 0.2) is 0 Å². The van der Waals surface area contributed by atoms with E-state index in [9.17, 15) is 14.0 Å². The number of nitrogens with one attached hydrogen (secondary N) is 1. The maximum atomic E-state index is 13.2. The van der Waals surface area contributed by atoms with Gasteiger partial charge in [-0.15, -0.1) is 0 Å². The number of hydrogen-bond donors (Lipinski definition) is 1. The first-order valence-electron chi connectivity index (χ1n) is 11.8. The van der Waals surface area contributed by atoms with E-state index >= 15 is 0 Å². The summed E-state index contributed by atoms with van der Waals surface area (Å²) in [5.74, 6) is -0.544. The smallest absolute Gasteiger partial charge is 0.267 e. The quantitative estimate of drug-likeness (QED) is 0.734. The summed E-state index contributed by atoms with van der Waals surface area (Å²) in [6.07, 6.45) is 3.21. The molecular formula is C25H29FN6O2. The Bertz CT molecular complexity index is 1070. The topological polar surface area (TPSA) is 71.5 Å². The number of hydrazine groups is 1. The van der Waals surface area contributed by atoms with Crippen molar-refractivity contribution < 1.29 is 14.0 Å². The lowest BCUT2D eigenvalue weighted by molar-refractivity contribution is -0.144. The summed E-state index contributed by atoms with van der Waals surface area (Å²) >= 11 is 0. The van der Waals surface area contributed by atoms with Crippen LogP contribution in [0.2, 0.25) is 0 Å². The third-order valence-electron chi connectivity index (χ3n) is 6.85. The van der Waals surface area contributed by atoms with Gasteiger partial charge < -0.3 is 9.80 Å². The summed E-state index contributed by atoms with van der Waals surface area (Å²) in [7, 11) is 0.